The summed E-state index contributed by atoms with van der Waals surface area (Å²) in [6.07, 6.45) is 3.12. The third kappa shape index (κ3) is 4.24. The van der Waals surface area contributed by atoms with Gasteiger partial charge in [0.1, 0.15) is 17.3 Å². The van der Waals surface area contributed by atoms with E-state index >= 15 is 0 Å². The summed E-state index contributed by atoms with van der Waals surface area (Å²) in [5.41, 5.74) is 1.21. The highest BCUT2D eigenvalue weighted by Crippen LogP contribution is 2.26. The van der Waals surface area contributed by atoms with Gasteiger partial charge in [0.25, 0.3) is 5.91 Å². The number of aryl methyl sites for hydroxylation is 1. The van der Waals surface area contributed by atoms with Crippen LogP contribution in [0.15, 0.2) is 71.3 Å². The van der Waals surface area contributed by atoms with Crippen LogP contribution >= 0.6 is 0 Å². The molecule has 5 nitrogen and oxygen atoms in total. The van der Waals surface area contributed by atoms with Gasteiger partial charge >= 0.3 is 0 Å². The van der Waals surface area contributed by atoms with Crippen LogP contribution in [0.3, 0.4) is 0 Å². The Morgan fingerprint density at radius 3 is 2.41 bits per heavy atom. The summed E-state index contributed by atoms with van der Waals surface area (Å²) in [6.45, 7) is 2.88. The molecule has 1 aliphatic heterocycles. The molecule has 0 unspecified atom stereocenters. The number of likely N-dealkylation sites (tertiary alicyclic amines) is 1. The third-order valence-electron chi connectivity index (χ3n) is 5.29. The average Bonchev–Trinajstić information content (AvgIpc) is 3.20. The summed E-state index contributed by atoms with van der Waals surface area (Å²) in [5.74, 6) is 1.85. The van der Waals surface area contributed by atoms with Crippen molar-refractivity contribution in [1.29, 1.82) is 0 Å². The van der Waals surface area contributed by atoms with E-state index in [9.17, 15) is 9.59 Å². The number of carbonyl (C=O) groups excluding carboxylic acids is 2. The van der Waals surface area contributed by atoms with Crippen LogP contribution in [-0.4, -0.2) is 29.7 Å². The molecule has 3 aromatic rings. The highest BCUT2D eigenvalue weighted by molar-refractivity contribution is 5.99. The maximum absolute atomic E-state index is 13.0. The van der Waals surface area contributed by atoms with Gasteiger partial charge in [0.2, 0.25) is 0 Å². The minimum atomic E-state index is -0.194. The van der Waals surface area contributed by atoms with Crippen LogP contribution in [0.2, 0.25) is 0 Å². The predicted molar refractivity (Wildman–Crippen MR) is 109 cm³/mol. The number of rotatable bonds is 5. The summed E-state index contributed by atoms with van der Waals surface area (Å²) in [7, 11) is 0. The topological polar surface area (TPSA) is 59.8 Å². The zero-order valence-corrected chi connectivity index (χ0v) is 16.3. The van der Waals surface area contributed by atoms with Gasteiger partial charge in [0, 0.05) is 24.6 Å². The minimum Gasteiger partial charge on any atom is -0.469 e. The lowest BCUT2D eigenvalue weighted by Gasteiger charge is -2.32. The van der Waals surface area contributed by atoms with Crippen LogP contribution in [0, 0.1) is 12.8 Å². The Kier molecular flexibility index (Phi) is 5.47. The maximum atomic E-state index is 13.0. The lowest BCUT2D eigenvalue weighted by Crippen LogP contribution is -2.42. The summed E-state index contributed by atoms with van der Waals surface area (Å²) >= 11 is 0. The molecule has 2 heterocycles. The molecule has 2 aromatic carbocycles. The molecule has 29 heavy (non-hydrogen) atoms. The van der Waals surface area contributed by atoms with E-state index < -0.39 is 0 Å². The van der Waals surface area contributed by atoms with E-state index in [-0.39, 0.29) is 17.6 Å². The number of furan rings is 1. The third-order valence-corrected chi connectivity index (χ3v) is 5.29. The summed E-state index contributed by atoms with van der Waals surface area (Å²) in [4.78, 5) is 27.5. The molecule has 0 radical (unpaired) electrons. The van der Waals surface area contributed by atoms with Crippen molar-refractivity contribution in [2.24, 2.45) is 5.92 Å². The molecule has 1 fully saturated rings. The molecule has 5 heteroatoms. The second kappa shape index (κ2) is 8.35. The van der Waals surface area contributed by atoms with Gasteiger partial charge in [-0.25, -0.2) is 0 Å². The molecule has 4 rings (SSSR count). The molecule has 1 saturated heterocycles. The van der Waals surface area contributed by atoms with Crippen molar-refractivity contribution in [3.05, 3.63) is 83.8 Å². The number of para-hydroxylation sites is 1. The summed E-state index contributed by atoms with van der Waals surface area (Å²) in [6, 6.07) is 18.4. The van der Waals surface area contributed by atoms with E-state index in [0.29, 0.717) is 35.7 Å². The van der Waals surface area contributed by atoms with Crippen molar-refractivity contribution in [3.63, 3.8) is 0 Å². The van der Waals surface area contributed by atoms with E-state index in [2.05, 4.69) is 0 Å². The first-order chi connectivity index (χ1) is 14.1. The van der Waals surface area contributed by atoms with Crippen molar-refractivity contribution in [2.45, 2.75) is 19.8 Å². The second-order valence-electron chi connectivity index (χ2n) is 7.28. The van der Waals surface area contributed by atoms with E-state index in [0.717, 1.165) is 18.6 Å². The van der Waals surface area contributed by atoms with E-state index in [1.54, 1.807) is 42.2 Å². The minimum absolute atomic E-state index is 0.0673. The predicted octanol–water partition coefficient (Wildman–Crippen LogP) is 5.12. The molecular formula is C24H23NO4. The first kappa shape index (κ1) is 19.0. The fraction of sp³-hybridized carbons (Fsp3) is 0.250. The smallest absolute Gasteiger partial charge is 0.257 e. The van der Waals surface area contributed by atoms with Gasteiger partial charge in [-0.05, 0) is 62.2 Å². The van der Waals surface area contributed by atoms with Crippen molar-refractivity contribution < 1.29 is 18.7 Å². The molecule has 1 atom stereocenters. The first-order valence-electron chi connectivity index (χ1n) is 9.82. The Morgan fingerprint density at radius 2 is 1.72 bits per heavy atom. The number of hydrogen-bond acceptors (Lipinski definition) is 4. The highest BCUT2D eigenvalue weighted by Gasteiger charge is 2.30. The van der Waals surface area contributed by atoms with Gasteiger partial charge in [-0.3, -0.25) is 9.59 Å². The zero-order valence-electron chi connectivity index (χ0n) is 16.3. The van der Waals surface area contributed by atoms with Gasteiger partial charge in [-0.2, -0.15) is 0 Å². The van der Waals surface area contributed by atoms with Gasteiger partial charge in [-0.1, -0.05) is 18.2 Å². The Hall–Kier alpha value is -3.34. The van der Waals surface area contributed by atoms with Crippen LogP contribution < -0.4 is 4.74 Å². The van der Waals surface area contributed by atoms with E-state index in [1.807, 2.05) is 30.3 Å². The molecule has 1 amide bonds. The van der Waals surface area contributed by atoms with Crippen molar-refractivity contribution in [2.75, 3.05) is 13.1 Å². The van der Waals surface area contributed by atoms with E-state index in [1.165, 1.54) is 6.26 Å². The van der Waals surface area contributed by atoms with Crippen LogP contribution in [0.5, 0.6) is 11.5 Å². The fourth-order valence-corrected chi connectivity index (χ4v) is 3.70. The SMILES string of the molecule is Cc1occc1C(=O)N1CCC[C@@H](C(=O)c2ccc(Oc3ccccc3)cc2)C1. The standard InChI is InChI=1S/C24H23NO4/c1-17-22(13-15-28-17)24(27)25-14-5-6-19(16-25)23(26)18-9-11-21(12-10-18)29-20-7-3-2-4-8-20/h2-4,7-13,15,19H,5-6,14,16H2,1H3/t19-/m1/s1. The van der Waals surface area contributed by atoms with Crippen LogP contribution in [0.25, 0.3) is 0 Å². The monoisotopic (exact) mass is 389 g/mol. The largest absolute Gasteiger partial charge is 0.469 e. The molecule has 0 saturated carbocycles. The number of amides is 1. The van der Waals surface area contributed by atoms with Crippen LogP contribution in [0.4, 0.5) is 0 Å². The van der Waals surface area contributed by atoms with Crippen molar-refractivity contribution in [3.8, 4) is 11.5 Å². The number of hydrogen-bond donors (Lipinski definition) is 0. The van der Waals surface area contributed by atoms with Gasteiger partial charge in [0.05, 0.1) is 11.8 Å². The first-order valence-corrected chi connectivity index (χ1v) is 9.82. The zero-order chi connectivity index (χ0) is 20.2. The van der Waals surface area contributed by atoms with Crippen molar-refractivity contribution in [1.82, 2.24) is 4.90 Å². The Morgan fingerprint density at radius 1 is 1.00 bits per heavy atom. The molecule has 1 aliphatic rings. The number of ether oxygens (including phenoxy) is 1. The lowest BCUT2D eigenvalue weighted by atomic mass is 9.89. The van der Waals surface area contributed by atoms with Gasteiger partial charge in [0.15, 0.2) is 5.78 Å². The number of benzene rings is 2. The number of Topliss-reactive ketones (excluding diaryl/α,β-unsaturated/α-hetero) is 1. The number of carbonyl (C=O) groups is 2. The van der Waals surface area contributed by atoms with E-state index in [4.69, 9.17) is 9.15 Å². The quantitative estimate of drug-likeness (QED) is 0.569. The highest BCUT2D eigenvalue weighted by atomic mass is 16.5. The molecule has 0 N–H and O–H groups in total. The van der Waals surface area contributed by atoms with Crippen LogP contribution in [0.1, 0.15) is 39.3 Å². The normalized spacial score (nSPS) is 16.4. The van der Waals surface area contributed by atoms with Crippen molar-refractivity contribution >= 4 is 11.7 Å². The molecule has 0 spiro atoms. The molecule has 148 valence electrons. The average molecular weight is 389 g/mol. The number of ketones is 1. The Bertz CT molecular complexity index is 991. The fourth-order valence-electron chi connectivity index (χ4n) is 3.70. The van der Waals surface area contributed by atoms with Gasteiger partial charge in [-0.15, -0.1) is 0 Å². The molecule has 0 bridgehead atoms. The lowest BCUT2D eigenvalue weighted by molar-refractivity contribution is 0.0635. The molecular weight excluding hydrogens is 366 g/mol. The Labute approximate surface area is 169 Å². The summed E-state index contributed by atoms with van der Waals surface area (Å²) < 4.78 is 11.0. The second-order valence-corrected chi connectivity index (χ2v) is 7.28. The van der Waals surface area contributed by atoms with Crippen LogP contribution in [-0.2, 0) is 0 Å². The molecule has 0 aliphatic carbocycles. The number of nitrogens with zero attached hydrogens (tertiary/aromatic N) is 1. The summed E-state index contributed by atoms with van der Waals surface area (Å²) in [5, 5.41) is 0. The Balaban J connectivity index is 1.42. The van der Waals surface area contributed by atoms with Gasteiger partial charge < -0.3 is 14.1 Å². The number of piperidine rings is 1. The maximum Gasteiger partial charge on any atom is 0.257 e. The molecule has 1 aromatic heterocycles.